The Labute approximate surface area is 110 Å². The second-order valence-electron chi connectivity index (χ2n) is 3.85. The van der Waals surface area contributed by atoms with Crippen LogP contribution >= 0.6 is 15.9 Å². The molecule has 0 atom stereocenters. The average Bonchev–Trinajstić information content (AvgIpc) is 2.50. The molecule has 1 aromatic heterocycles. The molecule has 1 amide bonds. The molecule has 0 spiro atoms. The maximum absolute atomic E-state index is 11.2. The lowest BCUT2D eigenvalue weighted by molar-refractivity contribution is -0.120. The van der Waals surface area contributed by atoms with Gasteiger partial charge in [0, 0.05) is 33.1 Å². The van der Waals surface area contributed by atoms with Gasteiger partial charge < -0.3 is 10.6 Å². The molecule has 0 bridgehead atoms. The minimum Gasteiger partial charge on any atom is -0.356 e. The van der Waals surface area contributed by atoms with E-state index < -0.39 is 0 Å². The summed E-state index contributed by atoms with van der Waals surface area (Å²) < 4.78 is 2.88. The minimum absolute atomic E-state index is 0.0836. The molecule has 0 saturated heterocycles. The first kappa shape index (κ1) is 14.2. The van der Waals surface area contributed by atoms with Crippen LogP contribution in [0.5, 0.6) is 0 Å². The van der Waals surface area contributed by atoms with Crippen LogP contribution in [-0.4, -0.2) is 28.8 Å². The second kappa shape index (κ2) is 6.76. The van der Waals surface area contributed by atoms with Crippen LogP contribution in [0.1, 0.15) is 24.7 Å². The Morgan fingerprint density at radius 1 is 1.53 bits per heavy atom. The van der Waals surface area contributed by atoms with Gasteiger partial charge in [-0.1, -0.05) is 0 Å². The molecule has 1 rings (SSSR count). The van der Waals surface area contributed by atoms with Gasteiger partial charge in [-0.15, -0.1) is 0 Å². The molecule has 0 aliphatic carbocycles. The first-order chi connectivity index (χ1) is 8.06. The molecule has 0 saturated carbocycles. The molecule has 0 aromatic carbocycles. The van der Waals surface area contributed by atoms with Crippen LogP contribution in [0.2, 0.25) is 0 Å². The number of hydrogen-bond donors (Lipinski definition) is 2. The van der Waals surface area contributed by atoms with Crippen molar-refractivity contribution in [3.8, 4) is 0 Å². The summed E-state index contributed by atoms with van der Waals surface area (Å²) in [5.74, 6) is 0.0836. The van der Waals surface area contributed by atoms with Crippen molar-refractivity contribution < 1.29 is 4.79 Å². The summed E-state index contributed by atoms with van der Waals surface area (Å²) >= 11 is 3.50. The third-order valence-corrected chi connectivity index (χ3v) is 3.49. The van der Waals surface area contributed by atoms with Crippen LogP contribution in [0.4, 0.5) is 0 Å². The van der Waals surface area contributed by atoms with E-state index in [0.29, 0.717) is 26.1 Å². The fraction of sp³-hybridized carbons (Fsp3) is 0.636. The zero-order valence-electron chi connectivity index (χ0n) is 10.5. The normalized spacial score (nSPS) is 10.6. The van der Waals surface area contributed by atoms with Gasteiger partial charge in [0.15, 0.2) is 0 Å². The summed E-state index contributed by atoms with van der Waals surface area (Å²) in [7, 11) is 1.92. The van der Waals surface area contributed by atoms with Crippen LogP contribution in [0, 0.1) is 6.92 Å². The molecule has 17 heavy (non-hydrogen) atoms. The van der Waals surface area contributed by atoms with E-state index in [2.05, 4.69) is 31.7 Å². The van der Waals surface area contributed by atoms with Gasteiger partial charge in [-0.05, 0) is 29.8 Å². The summed E-state index contributed by atoms with van der Waals surface area (Å²) in [5, 5.41) is 10.3. The first-order valence-corrected chi connectivity index (χ1v) is 6.51. The highest BCUT2D eigenvalue weighted by Gasteiger charge is 2.09. The molecule has 2 N–H and O–H groups in total. The lowest BCUT2D eigenvalue weighted by Crippen LogP contribution is -2.27. The summed E-state index contributed by atoms with van der Waals surface area (Å²) in [6.45, 7) is 5.94. The number of aryl methyl sites for hydroxylation is 2. The lowest BCUT2D eigenvalue weighted by Gasteiger charge is -2.06. The average molecular weight is 303 g/mol. The number of carbonyl (C=O) groups excluding carboxylic acids is 1. The Kier molecular flexibility index (Phi) is 5.64. The Morgan fingerprint density at radius 3 is 2.76 bits per heavy atom. The van der Waals surface area contributed by atoms with E-state index >= 15 is 0 Å². The van der Waals surface area contributed by atoms with E-state index in [1.807, 2.05) is 25.6 Å². The molecule has 0 aliphatic rings. The molecule has 6 heteroatoms. The highest BCUT2D eigenvalue weighted by molar-refractivity contribution is 9.10. The highest BCUT2D eigenvalue weighted by Crippen LogP contribution is 2.19. The number of carbonyl (C=O) groups is 1. The smallest absolute Gasteiger partial charge is 0.221 e. The first-order valence-electron chi connectivity index (χ1n) is 5.71. The highest BCUT2D eigenvalue weighted by atomic mass is 79.9. The van der Waals surface area contributed by atoms with Crippen LogP contribution < -0.4 is 10.6 Å². The third-order valence-electron chi connectivity index (χ3n) is 2.46. The molecular weight excluding hydrogens is 284 g/mol. The zero-order valence-corrected chi connectivity index (χ0v) is 12.1. The number of amides is 1. The summed E-state index contributed by atoms with van der Waals surface area (Å²) in [4.78, 5) is 11.2. The summed E-state index contributed by atoms with van der Waals surface area (Å²) in [6.07, 6.45) is 0.502. The van der Waals surface area contributed by atoms with Gasteiger partial charge in [0.05, 0.1) is 15.9 Å². The number of aromatic nitrogens is 2. The SMILES string of the molecule is CCNC(=O)CCNCc1c(Br)c(C)nn1C. The predicted octanol–water partition coefficient (Wildman–Crippen LogP) is 1.11. The minimum atomic E-state index is 0.0836. The number of nitrogens with zero attached hydrogens (tertiary/aromatic N) is 2. The molecular formula is C11H19BrN4O. The van der Waals surface area contributed by atoms with Gasteiger partial charge >= 0.3 is 0 Å². The fourth-order valence-corrected chi connectivity index (χ4v) is 2.04. The van der Waals surface area contributed by atoms with Crippen molar-refractivity contribution in [1.29, 1.82) is 0 Å². The van der Waals surface area contributed by atoms with Crippen LogP contribution in [0.25, 0.3) is 0 Å². The quantitative estimate of drug-likeness (QED) is 0.774. The maximum atomic E-state index is 11.2. The van der Waals surface area contributed by atoms with Gasteiger partial charge in [0.2, 0.25) is 5.91 Å². The Balaban J connectivity index is 2.34. The number of halogens is 1. The molecule has 0 aliphatic heterocycles. The summed E-state index contributed by atoms with van der Waals surface area (Å²) in [5.41, 5.74) is 2.08. The Morgan fingerprint density at radius 2 is 2.24 bits per heavy atom. The second-order valence-corrected chi connectivity index (χ2v) is 4.64. The lowest BCUT2D eigenvalue weighted by atomic mass is 10.3. The topological polar surface area (TPSA) is 59.0 Å². The predicted molar refractivity (Wildman–Crippen MR) is 70.7 cm³/mol. The van der Waals surface area contributed by atoms with Gasteiger partial charge in [-0.3, -0.25) is 9.48 Å². The maximum Gasteiger partial charge on any atom is 0.221 e. The molecule has 0 unspecified atom stereocenters. The summed E-state index contributed by atoms with van der Waals surface area (Å²) in [6, 6.07) is 0. The number of hydrogen-bond acceptors (Lipinski definition) is 3. The van der Waals surface area contributed by atoms with E-state index in [9.17, 15) is 4.79 Å². The number of rotatable bonds is 6. The van der Waals surface area contributed by atoms with Crippen molar-refractivity contribution in [3.05, 3.63) is 15.9 Å². The molecule has 0 fully saturated rings. The monoisotopic (exact) mass is 302 g/mol. The number of nitrogens with one attached hydrogen (secondary N) is 2. The molecule has 1 heterocycles. The van der Waals surface area contributed by atoms with Crippen LogP contribution in [-0.2, 0) is 18.4 Å². The van der Waals surface area contributed by atoms with Gasteiger partial charge in [0.1, 0.15) is 0 Å². The molecule has 0 radical (unpaired) electrons. The standard InChI is InChI=1S/C11H19BrN4O/c1-4-14-10(17)5-6-13-7-9-11(12)8(2)15-16(9)3/h13H,4-7H2,1-3H3,(H,14,17). The van der Waals surface area contributed by atoms with Crippen molar-refractivity contribution >= 4 is 21.8 Å². The molecule has 5 nitrogen and oxygen atoms in total. The van der Waals surface area contributed by atoms with Crippen molar-refractivity contribution in [2.24, 2.45) is 7.05 Å². The van der Waals surface area contributed by atoms with Crippen LogP contribution in [0.15, 0.2) is 4.47 Å². The van der Waals surface area contributed by atoms with Crippen molar-refractivity contribution in [3.63, 3.8) is 0 Å². The third kappa shape index (κ3) is 4.12. The fourth-order valence-electron chi connectivity index (χ4n) is 1.57. The van der Waals surface area contributed by atoms with E-state index in [4.69, 9.17) is 0 Å². The largest absolute Gasteiger partial charge is 0.356 e. The van der Waals surface area contributed by atoms with Crippen molar-refractivity contribution in [2.45, 2.75) is 26.8 Å². The van der Waals surface area contributed by atoms with Crippen LogP contribution in [0.3, 0.4) is 0 Å². The van der Waals surface area contributed by atoms with E-state index in [0.717, 1.165) is 15.9 Å². The van der Waals surface area contributed by atoms with Gasteiger partial charge in [0.25, 0.3) is 0 Å². The van der Waals surface area contributed by atoms with E-state index in [-0.39, 0.29) is 5.91 Å². The van der Waals surface area contributed by atoms with Gasteiger partial charge in [-0.2, -0.15) is 5.10 Å². The van der Waals surface area contributed by atoms with Crippen molar-refractivity contribution in [1.82, 2.24) is 20.4 Å². The molecule has 1 aromatic rings. The molecule has 96 valence electrons. The van der Waals surface area contributed by atoms with Crippen molar-refractivity contribution in [2.75, 3.05) is 13.1 Å². The Bertz CT molecular complexity index is 389. The Hall–Kier alpha value is -0.880. The van der Waals surface area contributed by atoms with E-state index in [1.165, 1.54) is 0 Å². The zero-order chi connectivity index (χ0) is 12.8. The van der Waals surface area contributed by atoms with Gasteiger partial charge in [-0.25, -0.2) is 0 Å². The van der Waals surface area contributed by atoms with E-state index in [1.54, 1.807) is 0 Å².